The Morgan fingerprint density at radius 2 is 1.58 bits per heavy atom. The largest absolute Gasteiger partial charge is 0.490 e. The summed E-state index contributed by atoms with van der Waals surface area (Å²) in [6.45, 7) is 4.04. The molecule has 0 fully saturated rings. The highest BCUT2D eigenvalue weighted by atomic mass is 35.5. The zero-order valence-corrected chi connectivity index (χ0v) is 19.7. The minimum absolute atomic E-state index is 0.0859. The van der Waals surface area contributed by atoms with Crippen LogP contribution in [0.25, 0.3) is 0 Å². The molecule has 3 N–H and O–H groups in total. The van der Waals surface area contributed by atoms with Crippen molar-refractivity contribution in [3.63, 3.8) is 0 Å². The molecule has 2 aromatic carbocycles. The van der Waals surface area contributed by atoms with Crippen molar-refractivity contribution in [1.29, 1.82) is 0 Å². The number of ether oxygens (including phenoxy) is 2. The minimum Gasteiger partial charge on any atom is -0.490 e. The van der Waals surface area contributed by atoms with E-state index in [1.54, 1.807) is 13.8 Å². The van der Waals surface area contributed by atoms with Crippen molar-refractivity contribution < 1.29 is 45.4 Å². The maximum atomic E-state index is 13.7. The van der Waals surface area contributed by atoms with Crippen LogP contribution in [0.3, 0.4) is 0 Å². The molecule has 0 aliphatic heterocycles. The van der Waals surface area contributed by atoms with E-state index in [0.29, 0.717) is 23.7 Å². The first kappa shape index (κ1) is 28.9. The summed E-state index contributed by atoms with van der Waals surface area (Å²) in [5.41, 5.74) is 0.137. The van der Waals surface area contributed by atoms with Gasteiger partial charge in [-0.3, -0.25) is 10.1 Å². The molecule has 0 unspecified atom stereocenters. The summed E-state index contributed by atoms with van der Waals surface area (Å²) >= 11 is 5.67. The van der Waals surface area contributed by atoms with Crippen LogP contribution < -0.4 is 20.5 Å². The van der Waals surface area contributed by atoms with E-state index in [1.807, 2.05) is 0 Å². The SMILES string of the molecule is CCOc1ccc(C/C(N)=N\OC(NC(=O)c2cccc(Cl)c2)(C(F)(F)F)C(F)(F)F)cc1OCC. The first-order chi connectivity index (χ1) is 16.7. The Morgan fingerprint density at radius 1 is 0.972 bits per heavy atom. The van der Waals surface area contributed by atoms with Gasteiger partial charge in [-0.25, -0.2) is 0 Å². The maximum Gasteiger partial charge on any atom is 0.461 e. The number of amidine groups is 1. The molecule has 14 heteroatoms. The standard InChI is InChI=1S/C22H22ClF6N3O4/c1-3-34-16-9-8-13(10-17(16)35-4-2)11-18(30)32-36-20(21(24,25)26,22(27,28)29)31-19(33)14-6-5-7-15(23)12-14/h5-10,12H,3-4,11H2,1-2H3,(H2,30,32)(H,31,33). The van der Waals surface area contributed by atoms with Crippen LogP contribution in [0.1, 0.15) is 29.8 Å². The molecule has 2 rings (SSSR count). The Bertz CT molecular complexity index is 1080. The number of oxime groups is 1. The lowest BCUT2D eigenvalue weighted by atomic mass is 10.1. The van der Waals surface area contributed by atoms with Crippen molar-refractivity contribution in [3.8, 4) is 11.5 Å². The van der Waals surface area contributed by atoms with Gasteiger partial charge >= 0.3 is 18.1 Å². The molecule has 0 bridgehead atoms. The highest BCUT2D eigenvalue weighted by molar-refractivity contribution is 6.30. The van der Waals surface area contributed by atoms with Gasteiger partial charge in [0, 0.05) is 17.0 Å². The number of nitrogens with two attached hydrogens (primary N) is 1. The molecule has 0 aliphatic rings. The summed E-state index contributed by atoms with van der Waals surface area (Å²) in [7, 11) is 0. The van der Waals surface area contributed by atoms with E-state index in [1.165, 1.54) is 30.3 Å². The molecule has 36 heavy (non-hydrogen) atoms. The van der Waals surface area contributed by atoms with Gasteiger partial charge in [0.05, 0.1) is 13.2 Å². The zero-order chi connectivity index (χ0) is 27.1. The van der Waals surface area contributed by atoms with Crippen LogP contribution in [0.5, 0.6) is 11.5 Å². The fourth-order valence-corrected chi connectivity index (χ4v) is 3.05. The third kappa shape index (κ3) is 6.86. The maximum absolute atomic E-state index is 13.7. The molecule has 0 aromatic heterocycles. The minimum atomic E-state index is -6.18. The Hall–Kier alpha value is -3.35. The second kappa shape index (κ2) is 11.6. The summed E-state index contributed by atoms with van der Waals surface area (Å²) in [5.74, 6) is -1.82. The summed E-state index contributed by atoms with van der Waals surface area (Å²) in [5, 5.41) is 3.63. The highest BCUT2D eigenvalue weighted by Gasteiger charge is 2.76. The number of alkyl halides is 6. The lowest BCUT2D eigenvalue weighted by Crippen LogP contribution is -2.68. The van der Waals surface area contributed by atoms with Crippen molar-refractivity contribution >= 4 is 23.3 Å². The van der Waals surface area contributed by atoms with E-state index in [0.717, 1.165) is 17.4 Å². The molecule has 198 valence electrons. The average Bonchev–Trinajstić information content (AvgIpc) is 2.77. The van der Waals surface area contributed by atoms with Crippen LogP contribution in [-0.4, -0.2) is 43.0 Å². The van der Waals surface area contributed by atoms with Gasteiger partial charge in [0.1, 0.15) is 5.84 Å². The van der Waals surface area contributed by atoms with Gasteiger partial charge in [0.25, 0.3) is 5.91 Å². The van der Waals surface area contributed by atoms with Crippen LogP contribution in [-0.2, 0) is 11.3 Å². The Labute approximate surface area is 207 Å². The van der Waals surface area contributed by atoms with Crippen LogP contribution in [0.2, 0.25) is 5.02 Å². The lowest BCUT2D eigenvalue weighted by molar-refractivity contribution is -0.388. The molecule has 0 spiro atoms. The van der Waals surface area contributed by atoms with Crippen LogP contribution in [0.4, 0.5) is 26.3 Å². The number of amides is 1. The molecule has 2 aromatic rings. The van der Waals surface area contributed by atoms with Crippen LogP contribution in [0, 0.1) is 0 Å². The Kier molecular flexibility index (Phi) is 9.30. The lowest BCUT2D eigenvalue weighted by Gasteiger charge is -2.34. The van der Waals surface area contributed by atoms with Gasteiger partial charge in [0.15, 0.2) is 11.5 Å². The van der Waals surface area contributed by atoms with Crippen molar-refractivity contribution in [2.24, 2.45) is 10.9 Å². The number of rotatable bonds is 10. The Balaban J connectivity index is 2.37. The molecular weight excluding hydrogens is 520 g/mol. The van der Waals surface area contributed by atoms with E-state index in [-0.39, 0.29) is 11.6 Å². The molecule has 0 atom stereocenters. The first-order valence-corrected chi connectivity index (χ1v) is 10.7. The van der Waals surface area contributed by atoms with Crippen molar-refractivity contribution in [1.82, 2.24) is 5.32 Å². The third-order valence-electron chi connectivity index (χ3n) is 4.47. The second-order valence-corrected chi connectivity index (χ2v) is 7.58. The molecular formula is C22H22ClF6N3O4. The van der Waals surface area contributed by atoms with E-state index in [4.69, 9.17) is 26.8 Å². The number of carbonyl (C=O) groups excluding carboxylic acids is 1. The van der Waals surface area contributed by atoms with Crippen molar-refractivity contribution in [3.05, 3.63) is 58.6 Å². The number of nitrogens with zero attached hydrogens (tertiary/aromatic N) is 1. The number of nitrogens with one attached hydrogen (secondary N) is 1. The van der Waals surface area contributed by atoms with E-state index >= 15 is 0 Å². The molecule has 0 heterocycles. The third-order valence-corrected chi connectivity index (χ3v) is 4.70. The van der Waals surface area contributed by atoms with E-state index < -0.39 is 41.8 Å². The van der Waals surface area contributed by atoms with E-state index in [2.05, 4.69) is 9.99 Å². The van der Waals surface area contributed by atoms with E-state index in [9.17, 15) is 31.1 Å². The first-order valence-electron chi connectivity index (χ1n) is 10.3. The molecule has 0 saturated carbocycles. The van der Waals surface area contributed by atoms with Crippen LogP contribution >= 0.6 is 11.6 Å². The van der Waals surface area contributed by atoms with Gasteiger partial charge in [-0.2, -0.15) is 26.3 Å². The number of halogens is 7. The normalized spacial score (nSPS) is 12.8. The summed E-state index contributed by atoms with van der Waals surface area (Å²) in [6, 6.07) is 8.71. The smallest absolute Gasteiger partial charge is 0.461 e. The predicted octanol–water partition coefficient (Wildman–Crippen LogP) is 5.22. The van der Waals surface area contributed by atoms with Gasteiger partial charge in [0.2, 0.25) is 0 Å². The van der Waals surface area contributed by atoms with Crippen LogP contribution in [0.15, 0.2) is 47.6 Å². The Morgan fingerprint density at radius 3 is 2.14 bits per heavy atom. The zero-order valence-electron chi connectivity index (χ0n) is 19.0. The van der Waals surface area contributed by atoms with Gasteiger partial charge in [-0.05, 0) is 49.7 Å². The molecule has 7 nitrogen and oxygen atoms in total. The van der Waals surface area contributed by atoms with Gasteiger partial charge < -0.3 is 20.0 Å². The summed E-state index contributed by atoms with van der Waals surface area (Å²) in [6.07, 6.45) is -12.8. The van der Waals surface area contributed by atoms with Gasteiger partial charge in [-0.1, -0.05) is 28.9 Å². The molecule has 0 aliphatic carbocycles. The number of benzene rings is 2. The fourth-order valence-electron chi connectivity index (χ4n) is 2.86. The molecule has 0 radical (unpaired) electrons. The van der Waals surface area contributed by atoms with Gasteiger partial charge in [-0.15, -0.1) is 0 Å². The predicted molar refractivity (Wildman–Crippen MR) is 119 cm³/mol. The number of hydrogen-bond acceptors (Lipinski definition) is 5. The number of hydrogen-bond donors (Lipinski definition) is 2. The highest BCUT2D eigenvalue weighted by Crippen LogP contribution is 2.44. The average molecular weight is 542 g/mol. The van der Waals surface area contributed by atoms with Crippen molar-refractivity contribution in [2.75, 3.05) is 13.2 Å². The van der Waals surface area contributed by atoms with Crippen molar-refractivity contribution in [2.45, 2.75) is 38.3 Å². The second-order valence-electron chi connectivity index (χ2n) is 7.14. The topological polar surface area (TPSA) is 95.2 Å². The summed E-state index contributed by atoms with van der Waals surface area (Å²) < 4.78 is 93.2. The summed E-state index contributed by atoms with van der Waals surface area (Å²) in [4.78, 5) is 16.2. The molecule has 0 saturated heterocycles. The quantitative estimate of drug-likeness (QED) is 0.141. The number of carbonyl (C=O) groups is 1. The fraction of sp³-hybridized carbons (Fsp3) is 0.364. The monoisotopic (exact) mass is 541 g/mol. The molecule has 1 amide bonds.